The summed E-state index contributed by atoms with van der Waals surface area (Å²) in [5, 5.41) is 9.17. The third kappa shape index (κ3) is 4.52. The molecular weight excluding hydrogens is 442 g/mol. The van der Waals surface area contributed by atoms with Crippen molar-refractivity contribution < 1.29 is 80.6 Å². The van der Waals surface area contributed by atoms with Crippen molar-refractivity contribution in [2.45, 2.75) is 38.8 Å². The Kier molecular flexibility index (Phi) is 7.18. The third-order valence-electron chi connectivity index (χ3n) is 2.10. The monoisotopic (exact) mass is 454 g/mol. The van der Waals surface area contributed by atoms with E-state index in [1.807, 2.05) is 0 Å². The van der Waals surface area contributed by atoms with E-state index in [1.165, 1.54) is 20.8 Å². The molecule has 2 nitrogen and oxygen atoms in total. The zero-order valence-corrected chi connectivity index (χ0v) is 12.7. The molecule has 0 saturated carbocycles. The standard InChI is InChI=1S/C10H11F7O2.Gd/c1-7(2,3)5(18)4-6(19)8(11,12)9(13,14)10(15,16)17;/h4,18H,1-3H3;/b5-4-;. The molecule has 0 aliphatic carbocycles. The number of halogens is 7. The summed E-state index contributed by atoms with van der Waals surface area (Å²) in [6.07, 6.45) is -6.91. The summed E-state index contributed by atoms with van der Waals surface area (Å²) in [6, 6.07) is 0. The summed E-state index contributed by atoms with van der Waals surface area (Å²) >= 11 is 0. The van der Waals surface area contributed by atoms with E-state index >= 15 is 0 Å². The third-order valence-corrected chi connectivity index (χ3v) is 2.10. The predicted octanol–water partition coefficient (Wildman–Crippen LogP) is 3.88. The smallest absolute Gasteiger partial charge is 0.460 e. The van der Waals surface area contributed by atoms with Gasteiger partial charge in [0.05, 0.1) is 0 Å². The Labute approximate surface area is 142 Å². The Morgan fingerprint density at radius 3 is 1.55 bits per heavy atom. The van der Waals surface area contributed by atoms with Crippen molar-refractivity contribution in [1.29, 1.82) is 0 Å². The van der Waals surface area contributed by atoms with Gasteiger partial charge in [0.25, 0.3) is 0 Å². The maximum atomic E-state index is 12.9. The summed E-state index contributed by atoms with van der Waals surface area (Å²) in [6.45, 7) is 3.73. The van der Waals surface area contributed by atoms with Crippen LogP contribution in [0, 0.1) is 45.4 Å². The van der Waals surface area contributed by atoms with Crippen LogP contribution in [0.3, 0.4) is 0 Å². The van der Waals surface area contributed by atoms with Crippen LogP contribution in [0.2, 0.25) is 0 Å². The van der Waals surface area contributed by atoms with Crippen molar-refractivity contribution in [2.75, 3.05) is 0 Å². The van der Waals surface area contributed by atoms with Gasteiger partial charge in [-0.25, -0.2) is 0 Å². The molecule has 0 aromatic heterocycles. The van der Waals surface area contributed by atoms with Crippen LogP contribution in [0.4, 0.5) is 30.7 Å². The van der Waals surface area contributed by atoms with Gasteiger partial charge in [0.15, 0.2) is 0 Å². The first-order valence-electron chi connectivity index (χ1n) is 4.83. The van der Waals surface area contributed by atoms with Crippen LogP contribution in [-0.4, -0.2) is 28.9 Å². The van der Waals surface area contributed by atoms with Gasteiger partial charge in [0.2, 0.25) is 5.78 Å². The molecule has 1 N–H and O–H groups in total. The van der Waals surface area contributed by atoms with Gasteiger partial charge in [-0.15, -0.1) is 0 Å². The van der Waals surface area contributed by atoms with Crippen molar-refractivity contribution in [2.24, 2.45) is 5.41 Å². The van der Waals surface area contributed by atoms with E-state index in [1.54, 1.807) is 0 Å². The molecule has 0 aliphatic heterocycles. The number of alkyl halides is 7. The Morgan fingerprint density at radius 1 is 0.950 bits per heavy atom. The number of hydrogen-bond donors (Lipinski definition) is 1. The minimum Gasteiger partial charge on any atom is -0.512 e. The predicted molar refractivity (Wildman–Crippen MR) is 51.1 cm³/mol. The van der Waals surface area contributed by atoms with Gasteiger partial charge in [-0.1, -0.05) is 20.8 Å². The number of aliphatic hydroxyl groups is 1. The molecule has 20 heavy (non-hydrogen) atoms. The molecule has 0 amide bonds. The molecule has 0 spiro atoms. The van der Waals surface area contributed by atoms with Crippen molar-refractivity contribution in [1.82, 2.24) is 0 Å². The van der Waals surface area contributed by atoms with Gasteiger partial charge < -0.3 is 5.11 Å². The first-order chi connectivity index (χ1) is 8.05. The number of allylic oxidation sites excluding steroid dienone is 2. The second-order valence-electron chi connectivity index (χ2n) is 4.79. The molecule has 0 aromatic rings. The summed E-state index contributed by atoms with van der Waals surface area (Å²) in [5.74, 6) is -16.4. The molecule has 0 atom stereocenters. The molecule has 0 fully saturated rings. The minimum absolute atomic E-state index is 0. The fourth-order valence-corrected chi connectivity index (χ4v) is 0.764. The second kappa shape index (κ2) is 6.43. The molecule has 0 unspecified atom stereocenters. The van der Waals surface area contributed by atoms with Crippen LogP contribution < -0.4 is 0 Å². The van der Waals surface area contributed by atoms with E-state index in [9.17, 15) is 35.5 Å². The minimum atomic E-state index is -6.59. The number of ketones is 1. The maximum absolute atomic E-state index is 12.9. The molecule has 0 rings (SSSR count). The van der Waals surface area contributed by atoms with Crippen LogP contribution in [-0.2, 0) is 4.79 Å². The molecule has 0 heterocycles. The fourth-order valence-electron chi connectivity index (χ4n) is 0.764. The van der Waals surface area contributed by atoms with E-state index in [-0.39, 0.29) is 46.0 Å². The van der Waals surface area contributed by atoms with Crippen LogP contribution >= 0.6 is 0 Å². The summed E-state index contributed by atoms with van der Waals surface area (Å²) < 4.78 is 86.1. The van der Waals surface area contributed by atoms with E-state index in [4.69, 9.17) is 5.11 Å². The molecule has 0 saturated heterocycles. The topological polar surface area (TPSA) is 37.3 Å². The van der Waals surface area contributed by atoms with Gasteiger partial charge in [-0.2, -0.15) is 30.7 Å². The van der Waals surface area contributed by atoms with Crippen molar-refractivity contribution in [3.05, 3.63) is 11.8 Å². The number of hydrogen-bond acceptors (Lipinski definition) is 2. The van der Waals surface area contributed by atoms with Gasteiger partial charge in [-0.3, -0.25) is 4.79 Å². The first kappa shape index (κ1) is 22.3. The molecule has 0 radical (unpaired) electrons. The second-order valence-corrected chi connectivity index (χ2v) is 4.79. The van der Waals surface area contributed by atoms with E-state index < -0.39 is 35.0 Å². The molecule has 120 valence electrons. The van der Waals surface area contributed by atoms with E-state index in [0.717, 1.165) is 0 Å². The number of rotatable bonds is 3. The van der Waals surface area contributed by atoms with Gasteiger partial charge >= 0.3 is 18.0 Å². The van der Waals surface area contributed by atoms with Gasteiger partial charge in [0.1, 0.15) is 5.76 Å². The van der Waals surface area contributed by atoms with E-state index in [2.05, 4.69) is 0 Å². The zero-order valence-electron chi connectivity index (χ0n) is 10.4. The fraction of sp³-hybridized carbons (Fsp3) is 0.700. The summed E-state index contributed by atoms with van der Waals surface area (Å²) in [5.41, 5.74) is -1.25. The average Bonchev–Trinajstić information content (AvgIpc) is 2.13. The zero-order chi connectivity index (χ0) is 15.9. The van der Waals surface area contributed by atoms with E-state index in [0.29, 0.717) is 0 Å². The quantitative estimate of drug-likeness (QED) is 0.400. The Bertz CT molecular complexity index is 393. The molecular formula is C10H11F7GdO2. The van der Waals surface area contributed by atoms with Crippen molar-refractivity contribution >= 4 is 5.78 Å². The van der Waals surface area contributed by atoms with Crippen LogP contribution in [0.15, 0.2) is 11.8 Å². The van der Waals surface area contributed by atoms with Crippen LogP contribution in [0.5, 0.6) is 0 Å². The van der Waals surface area contributed by atoms with Crippen LogP contribution in [0.25, 0.3) is 0 Å². The number of carbonyl (C=O) groups excluding carboxylic acids is 1. The largest absolute Gasteiger partial charge is 0.512 e. The van der Waals surface area contributed by atoms with Crippen molar-refractivity contribution in [3.8, 4) is 0 Å². The van der Waals surface area contributed by atoms with Crippen molar-refractivity contribution in [3.63, 3.8) is 0 Å². The Balaban J connectivity index is 0. The Morgan fingerprint density at radius 2 is 1.30 bits per heavy atom. The molecule has 0 aromatic carbocycles. The summed E-state index contributed by atoms with van der Waals surface area (Å²) in [7, 11) is 0. The number of aliphatic hydroxyl groups excluding tert-OH is 1. The van der Waals surface area contributed by atoms with Gasteiger partial charge in [-0.05, 0) is 0 Å². The summed E-state index contributed by atoms with van der Waals surface area (Å²) in [4.78, 5) is 10.8. The molecule has 0 aliphatic rings. The van der Waals surface area contributed by atoms with Crippen LogP contribution in [0.1, 0.15) is 20.8 Å². The van der Waals surface area contributed by atoms with Gasteiger partial charge in [0, 0.05) is 51.4 Å². The molecule has 0 bridgehead atoms. The normalized spacial score (nSPS) is 14.8. The maximum Gasteiger partial charge on any atom is 0.460 e. The average molecular weight is 453 g/mol. The first-order valence-corrected chi connectivity index (χ1v) is 4.83. The Hall–Kier alpha value is 0.0447. The SMILES string of the molecule is CC(C)(C)/C(O)=C/C(=O)C(F)(F)C(F)(F)C(F)(F)F.[Gd]. The number of carbonyl (C=O) groups is 1. The molecule has 10 heteroatoms.